The number of imidazole rings is 1. The molecule has 0 spiro atoms. The fourth-order valence-electron chi connectivity index (χ4n) is 1.92. The van der Waals surface area contributed by atoms with Gasteiger partial charge in [-0.25, -0.2) is 9.78 Å². The number of nitrogens with one attached hydrogen (secondary N) is 1. The van der Waals surface area contributed by atoms with Gasteiger partial charge in [0, 0.05) is 14.1 Å². The Balaban J connectivity index is 2.31. The molecule has 3 aromatic rings. The number of hydrogen-bond acceptors (Lipinski definition) is 6. The molecule has 20 heavy (non-hydrogen) atoms. The van der Waals surface area contributed by atoms with Gasteiger partial charge in [0.2, 0.25) is 5.95 Å². The predicted molar refractivity (Wildman–Crippen MR) is 69.4 cm³/mol. The van der Waals surface area contributed by atoms with Gasteiger partial charge in [-0.05, 0) is 0 Å². The van der Waals surface area contributed by atoms with Crippen LogP contribution in [-0.4, -0.2) is 33.9 Å². The molecule has 3 aromatic heterocycles. The van der Waals surface area contributed by atoms with Crippen LogP contribution in [0.5, 0.6) is 0 Å². The van der Waals surface area contributed by atoms with E-state index in [1.807, 2.05) is 0 Å². The van der Waals surface area contributed by atoms with Crippen LogP contribution in [0.15, 0.2) is 15.9 Å². The number of aryl methyl sites for hydroxylation is 1. The molecule has 3 heterocycles. The molecule has 0 saturated carbocycles. The summed E-state index contributed by atoms with van der Waals surface area (Å²) in [4.78, 5) is 34.9. The molecule has 10 heteroatoms. The second kappa shape index (κ2) is 4.13. The van der Waals surface area contributed by atoms with E-state index in [9.17, 15) is 9.59 Å². The van der Waals surface area contributed by atoms with E-state index in [1.54, 1.807) is 7.05 Å². The second-order valence-electron chi connectivity index (χ2n) is 4.27. The van der Waals surface area contributed by atoms with Gasteiger partial charge < -0.3 is 10.7 Å². The molecule has 0 fully saturated rings. The van der Waals surface area contributed by atoms with Crippen LogP contribution < -0.4 is 17.0 Å². The first-order chi connectivity index (χ1) is 9.52. The van der Waals surface area contributed by atoms with Crippen molar-refractivity contribution in [1.29, 1.82) is 0 Å². The SMILES string of the molecule is Cn1c(=O)c2[nH]c(-n3cnc(CN)n3)nc2n(C)c1=O. The van der Waals surface area contributed by atoms with Gasteiger partial charge in [-0.2, -0.15) is 9.67 Å². The number of rotatable bonds is 2. The molecule has 3 N–H and O–H groups in total. The minimum absolute atomic E-state index is 0.202. The summed E-state index contributed by atoms with van der Waals surface area (Å²) in [6, 6.07) is 0. The smallest absolute Gasteiger partial charge is 0.324 e. The van der Waals surface area contributed by atoms with Gasteiger partial charge in [-0.3, -0.25) is 13.9 Å². The highest BCUT2D eigenvalue weighted by molar-refractivity contribution is 5.71. The molecule has 104 valence electrons. The molecule has 0 aliphatic heterocycles. The topological polar surface area (TPSA) is 129 Å². The molecule has 0 amide bonds. The Labute approximate surface area is 111 Å². The van der Waals surface area contributed by atoms with Gasteiger partial charge in [0.15, 0.2) is 17.0 Å². The number of hydrogen-bond donors (Lipinski definition) is 2. The van der Waals surface area contributed by atoms with Crippen LogP contribution in [0.1, 0.15) is 5.82 Å². The first-order valence-corrected chi connectivity index (χ1v) is 5.79. The van der Waals surface area contributed by atoms with Crippen LogP contribution in [0.3, 0.4) is 0 Å². The Morgan fingerprint density at radius 2 is 2.05 bits per heavy atom. The second-order valence-corrected chi connectivity index (χ2v) is 4.27. The molecule has 0 unspecified atom stereocenters. The van der Waals surface area contributed by atoms with Crippen LogP contribution in [0.25, 0.3) is 17.1 Å². The number of nitrogens with zero attached hydrogens (tertiary/aromatic N) is 6. The Hall–Kier alpha value is -2.75. The number of aromatic nitrogens is 7. The van der Waals surface area contributed by atoms with Crippen molar-refractivity contribution < 1.29 is 0 Å². The minimum atomic E-state index is -0.444. The lowest BCUT2D eigenvalue weighted by Crippen LogP contribution is -2.36. The van der Waals surface area contributed by atoms with Crippen molar-refractivity contribution >= 4 is 11.2 Å². The largest absolute Gasteiger partial charge is 0.332 e. The fourth-order valence-corrected chi connectivity index (χ4v) is 1.92. The monoisotopic (exact) mass is 276 g/mol. The summed E-state index contributed by atoms with van der Waals surface area (Å²) in [6.07, 6.45) is 1.43. The quantitative estimate of drug-likeness (QED) is 0.557. The Morgan fingerprint density at radius 3 is 2.70 bits per heavy atom. The van der Waals surface area contributed by atoms with E-state index in [0.717, 1.165) is 4.57 Å². The zero-order chi connectivity index (χ0) is 14.4. The summed E-state index contributed by atoms with van der Waals surface area (Å²) in [7, 11) is 2.95. The van der Waals surface area contributed by atoms with Crippen molar-refractivity contribution in [2.24, 2.45) is 19.8 Å². The van der Waals surface area contributed by atoms with Crippen molar-refractivity contribution in [1.82, 2.24) is 33.9 Å². The first-order valence-electron chi connectivity index (χ1n) is 5.79. The fraction of sp³-hybridized carbons (Fsp3) is 0.300. The maximum atomic E-state index is 12.0. The Morgan fingerprint density at radius 1 is 1.30 bits per heavy atom. The normalized spacial score (nSPS) is 11.3. The highest BCUT2D eigenvalue weighted by Gasteiger charge is 2.14. The summed E-state index contributed by atoms with van der Waals surface area (Å²) in [6.45, 7) is 0.202. The minimum Gasteiger partial charge on any atom is -0.324 e. The van der Waals surface area contributed by atoms with Crippen molar-refractivity contribution in [3.63, 3.8) is 0 Å². The summed E-state index contributed by atoms with van der Waals surface area (Å²) in [5.41, 5.74) is 5.04. The van der Waals surface area contributed by atoms with E-state index in [0.29, 0.717) is 11.8 Å². The molecule has 3 rings (SSSR count). The van der Waals surface area contributed by atoms with Crippen molar-refractivity contribution in [2.75, 3.05) is 0 Å². The molecule has 0 aliphatic rings. The van der Waals surface area contributed by atoms with Gasteiger partial charge in [0.25, 0.3) is 5.56 Å². The van der Waals surface area contributed by atoms with Crippen molar-refractivity contribution in [2.45, 2.75) is 6.54 Å². The van der Waals surface area contributed by atoms with Gasteiger partial charge in [-0.1, -0.05) is 0 Å². The third-order valence-corrected chi connectivity index (χ3v) is 3.02. The highest BCUT2D eigenvalue weighted by atomic mass is 16.2. The van der Waals surface area contributed by atoms with E-state index in [2.05, 4.69) is 20.1 Å². The first kappa shape index (κ1) is 12.3. The van der Waals surface area contributed by atoms with Crippen molar-refractivity contribution in [3.8, 4) is 5.95 Å². The van der Waals surface area contributed by atoms with Crippen LogP contribution in [0.2, 0.25) is 0 Å². The van der Waals surface area contributed by atoms with E-state index < -0.39 is 11.2 Å². The maximum Gasteiger partial charge on any atom is 0.332 e. The van der Waals surface area contributed by atoms with Crippen LogP contribution in [0.4, 0.5) is 0 Å². The molecule has 0 atom stereocenters. The highest BCUT2D eigenvalue weighted by Crippen LogP contribution is 2.07. The van der Waals surface area contributed by atoms with E-state index >= 15 is 0 Å². The lowest BCUT2D eigenvalue weighted by atomic mass is 10.5. The van der Waals surface area contributed by atoms with E-state index in [4.69, 9.17) is 5.73 Å². The third kappa shape index (κ3) is 1.58. The molecule has 0 aliphatic carbocycles. The van der Waals surface area contributed by atoms with Crippen molar-refractivity contribution in [3.05, 3.63) is 33.0 Å². The summed E-state index contributed by atoms with van der Waals surface area (Å²) in [5, 5.41) is 4.09. The molecule has 0 bridgehead atoms. The average Bonchev–Trinajstić information content (AvgIpc) is 3.08. The van der Waals surface area contributed by atoms with E-state index in [1.165, 1.54) is 22.6 Å². The zero-order valence-electron chi connectivity index (χ0n) is 10.9. The molecule has 0 radical (unpaired) electrons. The maximum absolute atomic E-state index is 12.0. The third-order valence-electron chi connectivity index (χ3n) is 3.02. The zero-order valence-corrected chi connectivity index (χ0v) is 10.9. The van der Waals surface area contributed by atoms with Crippen LogP contribution in [0, 0.1) is 0 Å². The van der Waals surface area contributed by atoms with Crippen LogP contribution >= 0.6 is 0 Å². The average molecular weight is 276 g/mol. The van der Waals surface area contributed by atoms with Gasteiger partial charge in [-0.15, -0.1) is 5.10 Å². The number of nitrogens with two attached hydrogens (primary N) is 1. The predicted octanol–water partition coefficient (Wildman–Crippen LogP) is -2.00. The van der Waals surface area contributed by atoms with Gasteiger partial charge in [0.1, 0.15) is 6.33 Å². The summed E-state index contributed by atoms with van der Waals surface area (Å²) in [5.74, 6) is 0.748. The van der Waals surface area contributed by atoms with Gasteiger partial charge >= 0.3 is 5.69 Å². The van der Waals surface area contributed by atoms with E-state index in [-0.39, 0.29) is 17.7 Å². The molecule has 10 nitrogen and oxygen atoms in total. The molecular weight excluding hydrogens is 264 g/mol. The van der Waals surface area contributed by atoms with Gasteiger partial charge in [0.05, 0.1) is 6.54 Å². The Kier molecular flexibility index (Phi) is 2.54. The summed E-state index contributed by atoms with van der Waals surface area (Å²) >= 11 is 0. The molecule has 0 aromatic carbocycles. The number of H-pyrrole nitrogens is 1. The lowest BCUT2D eigenvalue weighted by molar-refractivity contribution is 0.708. The number of fused-ring (bicyclic) bond motifs is 1. The summed E-state index contributed by atoms with van der Waals surface area (Å²) < 4.78 is 3.67. The standard InChI is InChI=1S/C10H12N8O2/c1-16-7-6(8(19)17(2)10(16)20)13-9(14-7)18-4-12-5(3-11)15-18/h4H,3,11H2,1-2H3,(H,13,14). The molecular formula is C10H12N8O2. The lowest BCUT2D eigenvalue weighted by Gasteiger charge is -2.00. The van der Waals surface area contributed by atoms with Crippen LogP contribution in [-0.2, 0) is 20.6 Å². The molecule has 0 saturated heterocycles. The number of aromatic amines is 1. The Bertz CT molecular complexity index is 912.